The Balaban J connectivity index is 1.37. The highest BCUT2D eigenvalue weighted by molar-refractivity contribution is 6.16. The Kier molecular flexibility index (Phi) is 7.95. The second kappa shape index (κ2) is 11.5. The predicted molar refractivity (Wildman–Crippen MR) is 132 cm³/mol. The zero-order valence-corrected chi connectivity index (χ0v) is 20.0. The number of nitrogens with zero attached hydrogens (tertiary/aromatic N) is 2. The second-order valence-corrected chi connectivity index (χ2v) is 8.10. The van der Waals surface area contributed by atoms with Crippen molar-refractivity contribution >= 4 is 17.6 Å². The molecule has 2 aromatic carbocycles. The van der Waals surface area contributed by atoms with Gasteiger partial charge in [-0.2, -0.15) is 14.3 Å². The molecule has 0 spiro atoms. The van der Waals surface area contributed by atoms with E-state index in [1.165, 1.54) is 4.90 Å². The van der Waals surface area contributed by atoms with Gasteiger partial charge in [0.1, 0.15) is 37.1 Å². The van der Waals surface area contributed by atoms with Gasteiger partial charge in [-0.1, -0.05) is 42.5 Å². The molecule has 182 valence electrons. The Bertz CT molecular complexity index is 1150. The molecule has 0 saturated heterocycles. The number of allylic oxidation sites excluding steroid dienone is 3. The third-order valence-corrected chi connectivity index (χ3v) is 5.92. The van der Waals surface area contributed by atoms with Gasteiger partial charge in [0.25, 0.3) is 0 Å². The number of amides is 3. The topological polar surface area (TPSA) is 80.1 Å². The number of carbonyl (C=O) groups is 2. The fourth-order valence-corrected chi connectivity index (χ4v) is 4.09. The van der Waals surface area contributed by atoms with Gasteiger partial charge in [0.15, 0.2) is 11.5 Å². The molecule has 0 fully saturated rings. The van der Waals surface area contributed by atoms with Crippen LogP contribution in [0.25, 0.3) is 0 Å². The van der Waals surface area contributed by atoms with Gasteiger partial charge in [0.2, 0.25) is 0 Å². The Hall–Kier alpha value is -3.91. The first-order valence-electron chi connectivity index (χ1n) is 11.6. The Morgan fingerprint density at radius 2 is 1.71 bits per heavy atom. The van der Waals surface area contributed by atoms with Gasteiger partial charge in [0, 0.05) is 13.1 Å². The molecule has 0 radical (unpaired) electrons. The number of nitrogens with one attached hydrogen (secondary N) is 1. The number of hydrogen-bond acceptors (Lipinski definition) is 6. The molecule has 3 amide bonds. The minimum Gasteiger partial charge on any atom is -0.497 e. The average molecular weight is 477 g/mol. The van der Waals surface area contributed by atoms with Crippen LogP contribution in [-0.2, 0) is 11.3 Å². The van der Waals surface area contributed by atoms with Crippen molar-refractivity contribution in [1.82, 2.24) is 10.2 Å². The van der Waals surface area contributed by atoms with Crippen molar-refractivity contribution in [2.24, 2.45) is 5.92 Å². The smallest absolute Gasteiger partial charge is 0.497 e. The molecule has 0 aromatic heterocycles. The first-order chi connectivity index (χ1) is 17.1. The normalized spacial score (nSPS) is 17.0. The van der Waals surface area contributed by atoms with Crippen molar-refractivity contribution in [1.29, 1.82) is 0 Å². The van der Waals surface area contributed by atoms with Crippen molar-refractivity contribution in [3.8, 4) is 17.2 Å². The van der Waals surface area contributed by atoms with Gasteiger partial charge in [-0.15, -0.1) is 0 Å². The first-order valence-corrected chi connectivity index (χ1v) is 11.6. The van der Waals surface area contributed by atoms with Crippen LogP contribution in [0.4, 0.5) is 4.79 Å². The summed E-state index contributed by atoms with van der Waals surface area (Å²) in [6.07, 6.45) is 7.38. The molecule has 0 bridgehead atoms. The average Bonchev–Trinajstić information content (AvgIpc) is 2.90. The highest BCUT2D eigenvalue weighted by Crippen LogP contribution is 2.25. The highest BCUT2D eigenvalue weighted by Gasteiger charge is 2.46. The molecule has 1 N–H and O–H groups in total. The van der Waals surface area contributed by atoms with E-state index in [0.717, 1.165) is 11.3 Å². The molecule has 2 aromatic rings. The summed E-state index contributed by atoms with van der Waals surface area (Å²) in [5.41, 5.74) is 1.57. The number of fused-ring (bicyclic) bond motifs is 1. The molecule has 1 aliphatic heterocycles. The van der Waals surface area contributed by atoms with E-state index in [1.807, 2.05) is 72.8 Å². The van der Waals surface area contributed by atoms with Crippen molar-refractivity contribution in [2.75, 3.05) is 40.5 Å². The lowest BCUT2D eigenvalue weighted by Gasteiger charge is -2.27. The van der Waals surface area contributed by atoms with Crippen LogP contribution in [0.15, 0.2) is 72.8 Å². The van der Waals surface area contributed by atoms with Crippen molar-refractivity contribution < 1.29 is 28.4 Å². The van der Waals surface area contributed by atoms with E-state index in [2.05, 4.69) is 5.32 Å². The zero-order chi connectivity index (χ0) is 24.6. The van der Waals surface area contributed by atoms with E-state index in [4.69, 9.17) is 14.2 Å². The summed E-state index contributed by atoms with van der Waals surface area (Å²) in [6, 6.07) is 14.6. The van der Waals surface area contributed by atoms with Crippen LogP contribution < -0.4 is 19.5 Å². The Labute approximate surface area is 205 Å². The number of ether oxygens (including phenoxy) is 3. The molecule has 4 rings (SSSR count). The van der Waals surface area contributed by atoms with Gasteiger partial charge in [0.05, 0.1) is 14.2 Å². The lowest BCUT2D eigenvalue weighted by atomic mass is 9.94. The third kappa shape index (κ3) is 5.60. The summed E-state index contributed by atoms with van der Waals surface area (Å²) < 4.78 is 18.0. The molecule has 35 heavy (non-hydrogen) atoms. The predicted octanol–water partition coefficient (Wildman–Crippen LogP) is 3.03. The summed E-state index contributed by atoms with van der Waals surface area (Å²) in [6.45, 7) is 2.25. The fourth-order valence-electron chi connectivity index (χ4n) is 4.09. The number of carbonyl (C=O) groups excluding carboxylic acids is 2. The number of methoxy groups -OCH3 is 2. The maximum Gasteiger partial charge on any atom is 0.501 e. The van der Waals surface area contributed by atoms with E-state index >= 15 is 0 Å². The van der Waals surface area contributed by atoms with Crippen LogP contribution in [0.1, 0.15) is 5.56 Å². The van der Waals surface area contributed by atoms with Crippen molar-refractivity contribution in [3.05, 3.63) is 78.4 Å². The van der Waals surface area contributed by atoms with Gasteiger partial charge < -0.3 is 19.5 Å². The highest BCUT2D eigenvalue weighted by atomic mass is 16.5. The van der Waals surface area contributed by atoms with Gasteiger partial charge in [-0.3, -0.25) is 0 Å². The molecule has 8 nitrogen and oxygen atoms in total. The van der Waals surface area contributed by atoms with Gasteiger partial charge in [-0.25, -0.2) is 4.79 Å². The third-order valence-electron chi connectivity index (χ3n) is 5.92. The van der Waals surface area contributed by atoms with E-state index in [-0.39, 0.29) is 18.5 Å². The molecular formula is C27H30N3O5+. The molecule has 1 aliphatic carbocycles. The molecule has 1 atom stereocenters. The summed E-state index contributed by atoms with van der Waals surface area (Å²) in [5.74, 6) is 1.42. The standard InChI is InChI=1S/C27H30N3O5/c1-33-21-13-11-20(12-14-21)19-30-26(31)22-7-3-4-8-23(22)29(27(30)32)17-15-28-16-18-35-25-10-6-5-9-24(25)34-2/h3-14,22,28H,15-19H2,1-2H3/q+1. The van der Waals surface area contributed by atoms with Gasteiger partial charge in [-0.05, 0) is 35.9 Å². The van der Waals surface area contributed by atoms with Crippen molar-refractivity contribution in [2.45, 2.75) is 6.54 Å². The van der Waals surface area contributed by atoms with E-state index in [1.54, 1.807) is 18.8 Å². The SMILES string of the molecule is COc1ccc(CN2C(=O)C3C=CC=CC3=[N+](CCNCCOc3ccccc3OC)C2=O)cc1. The quantitative estimate of drug-likeness (QED) is 0.397. The largest absolute Gasteiger partial charge is 0.501 e. The van der Waals surface area contributed by atoms with Crippen LogP contribution in [0.5, 0.6) is 17.2 Å². The molecule has 0 saturated carbocycles. The van der Waals surface area contributed by atoms with E-state index in [0.29, 0.717) is 43.5 Å². The summed E-state index contributed by atoms with van der Waals surface area (Å²) >= 11 is 0. The molecular weight excluding hydrogens is 446 g/mol. The molecule has 1 heterocycles. The van der Waals surface area contributed by atoms with Crippen LogP contribution in [0, 0.1) is 5.92 Å². The number of hydrogen-bond donors (Lipinski definition) is 1. The minimum atomic E-state index is -0.468. The number of urea groups is 1. The van der Waals surface area contributed by atoms with Crippen LogP contribution >= 0.6 is 0 Å². The summed E-state index contributed by atoms with van der Waals surface area (Å²) in [4.78, 5) is 27.8. The van der Waals surface area contributed by atoms with E-state index in [9.17, 15) is 9.59 Å². The second-order valence-electron chi connectivity index (χ2n) is 8.10. The monoisotopic (exact) mass is 476 g/mol. The van der Waals surface area contributed by atoms with Crippen molar-refractivity contribution in [3.63, 3.8) is 0 Å². The number of imide groups is 1. The Morgan fingerprint density at radius 1 is 0.943 bits per heavy atom. The van der Waals surface area contributed by atoms with Crippen LogP contribution in [0.2, 0.25) is 0 Å². The Morgan fingerprint density at radius 3 is 2.46 bits per heavy atom. The lowest BCUT2D eigenvalue weighted by molar-refractivity contribution is -0.438. The summed E-state index contributed by atoms with van der Waals surface area (Å²) in [5, 5.41) is 3.31. The molecule has 8 heteroatoms. The number of benzene rings is 2. The van der Waals surface area contributed by atoms with Crippen LogP contribution in [-0.4, -0.2) is 67.6 Å². The number of rotatable bonds is 11. The van der Waals surface area contributed by atoms with Gasteiger partial charge >= 0.3 is 11.9 Å². The van der Waals surface area contributed by atoms with E-state index < -0.39 is 5.92 Å². The summed E-state index contributed by atoms with van der Waals surface area (Å²) in [7, 11) is 3.21. The fraction of sp³-hybridized carbons (Fsp3) is 0.296. The number of para-hydroxylation sites is 2. The maximum atomic E-state index is 13.4. The van der Waals surface area contributed by atoms with Crippen LogP contribution in [0.3, 0.4) is 0 Å². The molecule has 1 unspecified atom stereocenters. The minimum absolute atomic E-state index is 0.208. The molecule has 2 aliphatic rings. The zero-order valence-electron chi connectivity index (χ0n) is 20.0. The maximum absolute atomic E-state index is 13.4. The lowest BCUT2D eigenvalue weighted by Crippen LogP contribution is -2.54. The first kappa shape index (κ1) is 24.2.